The average molecular weight is 419 g/mol. The fourth-order valence-corrected chi connectivity index (χ4v) is 3.99. The third-order valence-electron chi connectivity index (χ3n) is 5.89. The summed E-state index contributed by atoms with van der Waals surface area (Å²) < 4.78 is 10.9. The molecule has 0 saturated heterocycles. The number of aryl methyl sites for hydroxylation is 1. The lowest BCUT2D eigenvalue weighted by Crippen LogP contribution is -2.35. The van der Waals surface area contributed by atoms with Crippen LogP contribution in [-0.2, 0) is 10.3 Å². The maximum Gasteiger partial charge on any atom is 0.252 e. The van der Waals surface area contributed by atoms with Crippen molar-refractivity contribution in [1.82, 2.24) is 10.6 Å². The number of ether oxygens (including phenoxy) is 2. The largest absolute Gasteiger partial charge is 0.492 e. The average Bonchev–Trinajstić information content (AvgIpc) is 3.57. The first-order chi connectivity index (χ1) is 15.1. The van der Waals surface area contributed by atoms with E-state index in [-0.39, 0.29) is 11.4 Å². The first-order valence-electron chi connectivity index (χ1n) is 10.9. The predicted octanol–water partition coefficient (Wildman–Crippen LogP) is 4.18. The summed E-state index contributed by atoms with van der Waals surface area (Å²) >= 11 is 0. The van der Waals surface area contributed by atoms with Gasteiger partial charge in [-0.2, -0.15) is 0 Å². The van der Waals surface area contributed by atoms with Gasteiger partial charge in [-0.25, -0.2) is 0 Å². The van der Waals surface area contributed by atoms with Crippen molar-refractivity contribution in [2.75, 3.05) is 33.4 Å². The Morgan fingerprint density at radius 3 is 2.58 bits per heavy atom. The Morgan fingerprint density at radius 1 is 1.00 bits per heavy atom. The molecule has 2 N–H and O–H groups in total. The predicted molar refractivity (Wildman–Crippen MR) is 124 cm³/mol. The minimum Gasteiger partial charge on any atom is -0.492 e. The number of rotatable bonds is 10. The lowest BCUT2D eigenvalue weighted by atomic mass is 9.96. The minimum absolute atomic E-state index is 0.0494. The Bertz CT molecular complexity index is 1050. The molecule has 1 fully saturated rings. The number of carbonyl (C=O) groups excluding carboxylic acids is 1. The van der Waals surface area contributed by atoms with Crippen LogP contribution in [0, 0.1) is 6.92 Å². The molecule has 5 nitrogen and oxygen atoms in total. The van der Waals surface area contributed by atoms with Gasteiger partial charge in [0.25, 0.3) is 5.91 Å². The molecule has 0 atom stereocenters. The molecule has 0 bridgehead atoms. The SMILES string of the molecule is COCCNCCOc1ccc(C)c(C(=O)NC2(c3cccc4ccccc34)CC2)c1. The zero-order valence-electron chi connectivity index (χ0n) is 18.2. The fourth-order valence-electron chi connectivity index (χ4n) is 3.99. The summed E-state index contributed by atoms with van der Waals surface area (Å²) in [4.78, 5) is 13.2. The first-order valence-corrected chi connectivity index (χ1v) is 10.9. The maximum absolute atomic E-state index is 13.2. The normalized spacial score (nSPS) is 14.4. The summed E-state index contributed by atoms with van der Waals surface area (Å²) in [5, 5.41) is 8.98. The highest BCUT2D eigenvalue weighted by molar-refractivity contribution is 5.97. The van der Waals surface area contributed by atoms with E-state index in [4.69, 9.17) is 9.47 Å². The molecule has 162 valence electrons. The summed E-state index contributed by atoms with van der Waals surface area (Å²) in [5.74, 6) is 0.658. The van der Waals surface area contributed by atoms with E-state index in [9.17, 15) is 4.79 Å². The van der Waals surface area contributed by atoms with Crippen LogP contribution in [0.15, 0.2) is 60.7 Å². The smallest absolute Gasteiger partial charge is 0.252 e. The summed E-state index contributed by atoms with van der Waals surface area (Å²) in [6.45, 7) is 4.68. The van der Waals surface area contributed by atoms with E-state index in [0.717, 1.165) is 31.5 Å². The highest BCUT2D eigenvalue weighted by Gasteiger charge is 2.46. The molecule has 0 unspecified atom stereocenters. The van der Waals surface area contributed by atoms with Gasteiger partial charge in [-0.05, 0) is 53.8 Å². The van der Waals surface area contributed by atoms with E-state index < -0.39 is 0 Å². The van der Waals surface area contributed by atoms with Crippen LogP contribution in [0.2, 0.25) is 0 Å². The van der Waals surface area contributed by atoms with Crippen LogP contribution in [0.4, 0.5) is 0 Å². The van der Waals surface area contributed by atoms with Crippen LogP contribution in [-0.4, -0.2) is 39.3 Å². The molecule has 1 aliphatic carbocycles. The molecule has 1 saturated carbocycles. The molecule has 0 aromatic heterocycles. The highest BCUT2D eigenvalue weighted by Crippen LogP contribution is 2.48. The van der Waals surface area contributed by atoms with Gasteiger partial charge < -0.3 is 20.1 Å². The topological polar surface area (TPSA) is 59.6 Å². The number of methoxy groups -OCH3 is 1. The van der Waals surface area contributed by atoms with Crippen molar-refractivity contribution < 1.29 is 14.3 Å². The monoisotopic (exact) mass is 418 g/mol. The number of amides is 1. The number of hydrogen-bond acceptors (Lipinski definition) is 4. The van der Waals surface area contributed by atoms with Gasteiger partial charge in [0, 0.05) is 25.8 Å². The number of nitrogens with one attached hydrogen (secondary N) is 2. The Hall–Kier alpha value is -2.89. The Kier molecular flexibility index (Phi) is 6.54. The van der Waals surface area contributed by atoms with Crippen LogP contribution < -0.4 is 15.4 Å². The Balaban J connectivity index is 1.46. The van der Waals surface area contributed by atoms with Crippen molar-refractivity contribution in [3.63, 3.8) is 0 Å². The maximum atomic E-state index is 13.2. The summed E-state index contributed by atoms with van der Waals surface area (Å²) in [6, 6.07) is 20.4. The first kappa shape index (κ1) is 21.3. The molecule has 5 heteroatoms. The molecule has 3 aromatic carbocycles. The minimum atomic E-state index is -0.285. The molecule has 1 aliphatic rings. The van der Waals surface area contributed by atoms with Gasteiger partial charge in [0.05, 0.1) is 12.1 Å². The number of carbonyl (C=O) groups is 1. The molecular formula is C26H30N2O3. The van der Waals surface area contributed by atoms with E-state index >= 15 is 0 Å². The second kappa shape index (κ2) is 9.50. The Labute approximate surface area is 183 Å². The van der Waals surface area contributed by atoms with E-state index in [1.807, 2.05) is 31.2 Å². The van der Waals surface area contributed by atoms with E-state index in [1.165, 1.54) is 16.3 Å². The number of benzene rings is 3. The number of fused-ring (bicyclic) bond motifs is 1. The zero-order chi connectivity index (χ0) is 21.7. The lowest BCUT2D eigenvalue weighted by Gasteiger charge is -2.21. The fraction of sp³-hybridized carbons (Fsp3) is 0.346. The van der Waals surface area contributed by atoms with Gasteiger partial charge in [0.1, 0.15) is 12.4 Å². The summed E-state index contributed by atoms with van der Waals surface area (Å²) in [7, 11) is 1.68. The van der Waals surface area contributed by atoms with Gasteiger partial charge in [-0.15, -0.1) is 0 Å². The van der Waals surface area contributed by atoms with Crippen molar-refractivity contribution in [1.29, 1.82) is 0 Å². The summed E-state index contributed by atoms with van der Waals surface area (Å²) in [5.41, 5.74) is 2.52. The molecule has 3 aromatic rings. The van der Waals surface area contributed by atoms with Crippen molar-refractivity contribution >= 4 is 16.7 Å². The van der Waals surface area contributed by atoms with Gasteiger partial charge in [-0.1, -0.05) is 48.5 Å². The van der Waals surface area contributed by atoms with Crippen LogP contribution in [0.5, 0.6) is 5.75 Å². The summed E-state index contributed by atoms with van der Waals surface area (Å²) in [6.07, 6.45) is 1.91. The third kappa shape index (κ3) is 4.89. The van der Waals surface area contributed by atoms with Crippen molar-refractivity contribution in [2.45, 2.75) is 25.3 Å². The van der Waals surface area contributed by atoms with Crippen molar-refractivity contribution in [3.05, 3.63) is 77.4 Å². The van der Waals surface area contributed by atoms with Crippen LogP contribution in [0.1, 0.15) is 34.3 Å². The third-order valence-corrected chi connectivity index (χ3v) is 5.89. The molecule has 0 radical (unpaired) electrons. The molecule has 0 spiro atoms. The highest BCUT2D eigenvalue weighted by atomic mass is 16.5. The van der Waals surface area contributed by atoms with E-state index in [1.54, 1.807) is 7.11 Å². The molecular weight excluding hydrogens is 388 g/mol. The second-order valence-corrected chi connectivity index (χ2v) is 8.13. The van der Waals surface area contributed by atoms with E-state index in [0.29, 0.717) is 24.5 Å². The van der Waals surface area contributed by atoms with E-state index in [2.05, 4.69) is 47.0 Å². The van der Waals surface area contributed by atoms with Gasteiger partial charge >= 0.3 is 0 Å². The molecule has 31 heavy (non-hydrogen) atoms. The quantitative estimate of drug-likeness (QED) is 0.485. The standard InChI is InChI=1S/C26H30N2O3/c1-19-10-11-21(31-17-15-27-14-16-30-2)18-23(19)25(29)28-26(12-13-26)24-9-5-7-20-6-3-4-8-22(20)24/h3-11,18,27H,12-17H2,1-2H3,(H,28,29). The lowest BCUT2D eigenvalue weighted by molar-refractivity contribution is 0.0930. The van der Waals surface area contributed by atoms with Crippen LogP contribution in [0.3, 0.4) is 0 Å². The molecule has 1 amide bonds. The second-order valence-electron chi connectivity index (χ2n) is 8.13. The van der Waals surface area contributed by atoms with Gasteiger partial charge in [0.15, 0.2) is 0 Å². The number of hydrogen-bond donors (Lipinski definition) is 2. The van der Waals surface area contributed by atoms with Crippen LogP contribution in [0.25, 0.3) is 10.8 Å². The van der Waals surface area contributed by atoms with Crippen molar-refractivity contribution in [2.24, 2.45) is 0 Å². The van der Waals surface area contributed by atoms with Gasteiger partial charge in [-0.3, -0.25) is 4.79 Å². The van der Waals surface area contributed by atoms with Crippen molar-refractivity contribution in [3.8, 4) is 5.75 Å². The van der Waals surface area contributed by atoms with Gasteiger partial charge in [0.2, 0.25) is 0 Å². The molecule has 0 aliphatic heterocycles. The molecule has 4 rings (SSSR count). The zero-order valence-corrected chi connectivity index (χ0v) is 18.2. The molecule has 0 heterocycles. The Morgan fingerprint density at radius 2 is 1.77 bits per heavy atom. The van der Waals surface area contributed by atoms with Crippen LogP contribution >= 0.6 is 0 Å².